The van der Waals surface area contributed by atoms with Crippen molar-refractivity contribution in [2.45, 2.75) is 26.1 Å². The van der Waals surface area contributed by atoms with Crippen LogP contribution in [0.1, 0.15) is 13.8 Å². The number of ether oxygens (including phenoxy) is 1. The minimum atomic E-state index is -1.67. The highest BCUT2D eigenvalue weighted by Crippen LogP contribution is 2.19. The van der Waals surface area contributed by atoms with Crippen LogP contribution in [-0.4, -0.2) is 55.1 Å². The Morgan fingerprint density at radius 2 is 1.76 bits per heavy atom. The lowest BCUT2D eigenvalue weighted by Crippen LogP contribution is -2.49. The molecule has 9 heteroatoms. The molecule has 2 atom stereocenters. The topological polar surface area (TPSA) is 70.7 Å². The lowest BCUT2D eigenvalue weighted by atomic mass is 10.2. The van der Waals surface area contributed by atoms with Gasteiger partial charge >= 0.3 is 0 Å². The second-order valence-electron chi connectivity index (χ2n) is 6.00. The van der Waals surface area contributed by atoms with Crippen molar-refractivity contribution < 1.29 is 27.5 Å². The molecule has 1 aliphatic rings. The normalized spacial score (nSPS) is 21.0. The summed E-state index contributed by atoms with van der Waals surface area (Å²) in [5.41, 5.74) is -0.492. The number of halogens is 3. The van der Waals surface area contributed by atoms with Crippen molar-refractivity contribution in [3.8, 4) is 0 Å². The van der Waals surface area contributed by atoms with Gasteiger partial charge in [0, 0.05) is 13.1 Å². The van der Waals surface area contributed by atoms with E-state index in [2.05, 4.69) is 10.6 Å². The zero-order chi connectivity index (χ0) is 18.6. The van der Waals surface area contributed by atoms with Crippen LogP contribution in [0.4, 0.5) is 18.9 Å². The van der Waals surface area contributed by atoms with Gasteiger partial charge in [-0.25, -0.2) is 13.2 Å². The van der Waals surface area contributed by atoms with Crippen molar-refractivity contribution in [2.24, 2.45) is 0 Å². The summed E-state index contributed by atoms with van der Waals surface area (Å²) in [7, 11) is 0. The number of hydrogen-bond donors (Lipinski definition) is 2. The molecule has 1 saturated heterocycles. The van der Waals surface area contributed by atoms with E-state index in [1.165, 1.54) is 0 Å². The summed E-state index contributed by atoms with van der Waals surface area (Å²) < 4.78 is 45.0. The van der Waals surface area contributed by atoms with E-state index in [0.717, 1.165) is 6.07 Å². The average molecular weight is 359 g/mol. The molecule has 6 nitrogen and oxygen atoms in total. The minimum Gasteiger partial charge on any atom is -0.373 e. The molecular weight excluding hydrogens is 339 g/mol. The van der Waals surface area contributed by atoms with Crippen LogP contribution >= 0.6 is 0 Å². The molecule has 2 rings (SSSR count). The Morgan fingerprint density at radius 3 is 2.40 bits per heavy atom. The fourth-order valence-electron chi connectivity index (χ4n) is 2.67. The van der Waals surface area contributed by atoms with Crippen molar-refractivity contribution in [3.05, 3.63) is 29.6 Å². The largest absolute Gasteiger partial charge is 0.373 e. The Balaban J connectivity index is 1.80. The van der Waals surface area contributed by atoms with Crippen molar-refractivity contribution in [1.82, 2.24) is 10.2 Å². The highest BCUT2D eigenvalue weighted by atomic mass is 19.2. The van der Waals surface area contributed by atoms with E-state index >= 15 is 0 Å². The van der Waals surface area contributed by atoms with Gasteiger partial charge in [0.05, 0.1) is 31.0 Å². The smallest absolute Gasteiger partial charge is 0.243 e. The second kappa shape index (κ2) is 8.30. The molecule has 0 aromatic heterocycles. The summed E-state index contributed by atoms with van der Waals surface area (Å²) in [6.45, 7) is 4.71. The van der Waals surface area contributed by atoms with Gasteiger partial charge in [0.15, 0.2) is 17.5 Å². The van der Waals surface area contributed by atoms with E-state index < -0.39 is 35.6 Å². The average Bonchev–Trinajstić information content (AvgIpc) is 2.52. The van der Waals surface area contributed by atoms with Crippen LogP contribution < -0.4 is 10.6 Å². The first-order chi connectivity index (χ1) is 11.8. The Labute approximate surface area is 143 Å². The maximum atomic E-state index is 13.5. The number of nitrogens with one attached hydrogen (secondary N) is 2. The van der Waals surface area contributed by atoms with Gasteiger partial charge in [-0.15, -0.1) is 0 Å². The fourth-order valence-corrected chi connectivity index (χ4v) is 2.67. The summed E-state index contributed by atoms with van der Waals surface area (Å²) >= 11 is 0. The molecule has 2 N–H and O–H groups in total. The lowest BCUT2D eigenvalue weighted by molar-refractivity contribution is -0.128. The van der Waals surface area contributed by atoms with E-state index in [1.54, 1.807) is 0 Å². The number of benzene rings is 1. The number of carbonyl (C=O) groups excluding carboxylic acids is 2. The zero-order valence-corrected chi connectivity index (χ0v) is 13.9. The van der Waals surface area contributed by atoms with Gasteiger partial charge in [-0.3, -0.25) is 14.5 Å². The fraction of sp³-hybridized carbons (Fsp3) is 0.500. The molecule has 0 radical (unpaired) electrons. The number of hydrogen-bond acceptors (Lipinski definition) is 4. The monoisotopic (exact) mass is 359 g/mol. The molecule has 0 unspecified atom stereocenters. The van der Waals surface area contributed by atoms with Crippen LogP contribution in [0.3, 0.4) is 0 Å². The van der Waals surface area contributed by atoms with Crippen molar-refractivity contribution in [3.63, 3.8) is 0 Å². The number of morpholine rings is 1. The Kier molecular flexibility index (Phi) is 6.38. The third kappa shape index (κ3) is 5.43. The predicted molar refractivity (Wildman–Crippen MR) is 84.4 cm³/mol. The second-order valence-corrected chi connectivity index (χ2v) is 6.00. The number of rotatable bonds is 5. The highest BCUT2D eigenvalue weighted by Gasteiger charge is 2.23. The lowest BCUT2D eigenvalue weighted by Gasteiger charge is -2.34. The van der Waals surface area contributed by atoms with Crippen molar-refractivity contribution >= 4 is 17.5 Å². The highest BCUT2D eigenvalue weighted by molar-refractivity contribution is 5.94. The minimum absolute atomic E-state index is 0.0104. The molecule has 1 fully saturated rings. The molecule has 0 spiro atoms. The summed E-state index contributed by atoms with van der Waals surface area (Å²) in [6.07, 6.45) is 0.0207. The molecule has 0 bridgehead atoms. The summed E-state index contributed by atoms with van der Waals surface area (Å²) in [4.78, 5) is 25.5. The van der Waals surface area contributed by atoms with Crippen LogP contribution in [0.25, 0.3) is 0 Å². The van der Waals surface area contributed by atoms with Crippen LogP contribution in [-0.2, 0) is 14.3 Å². The first-order valence-electron chi connectivity index (χ1n) is 7.84. The van der Waals surface area contributed by atoms with E-state index in [-0.39, 0.29) is 24.7 Å². The molecule has 1 aromatic carbocycles. The number of anilines is 1. The molecule has 0 saturated carbocycles. The zero-order valence-electron chi connectivity index (χ0n) is 13.9. The van der Waals surface area contributed by atoms with Crippen LogP contribution in [0.5, 0.6) is 0 Å². The maximum absolute atomic E-state index is 13.5. The number of carbonyl (C=O) groups is 2. The Bertz CT molecular complexity index is 647. The number of nitrogens with zero attached hydrogens (tertiary/aromatic N) is 1. The molecule has 138 valence electrons. The first-order valence-corrected chi connectivity index (χ1v) is 7.84. The van der Waals surface area contributed by atoms with E-state index in [9.17, 15) is 22.8 Å². The van der Waals surface area contributed by atoms with Crippen molar-refractivity contribution in [1.29, 1.82) is 0 Å². The van der Waals surface area contributed by atoms with Crippen LogP contribution in [0, 0.1) is 17.5 Å². The SMILES string of the molecule is C[C@@H]1CN(CC(=O)NCC(=O)Nc2ccc(F)c(F)c2F)C[C@@H](C)O1. The molecule has 25 heavy (non-hydrogen) atoms. The predicted octanol–water partition coefficient (Wildman–Crippen LogP) is 1.27. The molecular formula is C16H20F3N3O3. The van der Waals surface area contributed by atoms with Gasteiger partial charge < -0.3 is 15.4 Å². The third-order valence-corrected chi connectivity index (χ3v) is 3.62. The van der Waals surface area contributed by atoms with Gasteiger partial charge in [-0.1, -0.05) is 0 Å². The summed E-state index contributed by atoms with van der Waals surface area (Å²) in [5.74, 6) is -5.63. The van der Waals surface area contributed by atoms with E-state index in [4.69, 9.17) is 4.74 Å². The number of amides is 2. The third-order valence-electron chi connectivity index (χ3n) is 3.62. The van der Waals surface area contributed by atoms with Gasteiger partial charge in [0.25, 0.3) is 0 Å². The van der Waals surface area contributed by atoms with E-state index in [1.807, 2.05) is 18.7 Å². The molecule has 0 aliphatic carbocycles. The molecule has 1 heterocycles. The Morgan fingerprint density at radius 1 is 1.12 bits per heavy atom. The van der Waals surface area contributed by atoms with Crippen molar-refractivity contribution in [2.75, 3.05) is 31.5 Å². The molecule has 1 aliphatic heterocycles. The molecule has 2 amide bonds. The van der Waals surface area contributed by atoms with E-state index in [0.29, 0.717) is 19.2 Å². The van der Waals surface area contributed by atoms with Crippen LogP contribution in [0.2, 0.25) is 0 Å². The standard InChI is InChI=1S/C16H20F3N3O3/c1-9-6-22(7-10(2)25-9)8-14(24)20-5-13(23)21-12-4-3-11(17)15(18)16(12)19/h3-4,9-10H,5-8H2,1-2H3,(H,20,24)(H,21,23)/t9-,10-/m1/s1. The maximum Gasteiger partial charge on any atom is 0.243 e. The van der Waals surface area contributed by atoms with Gasteiger partial charge in [0.1, 0.15) is 0 Å². The quantitative estimate of drug-likeness (QED) is 0.777. The van der Waals surface area contributed by atoms with Gasteiger partial charge in [0.2, 0.25) is 11.8 Å². The molecule has 1 aromatic rings. The van der Waals surface area contributed by atoms with Gasteiger partial charge in [-0.2, -0.15) is 0 Å². The van der Waals surface area contributed by atoms with Crippen LogP contribution in [0.15, 0.2) is 12.1 Å². The summed E-state index contributed by atoms with van der Waals surface area (Å²) in [5, 5.41) is 4.48. The van der Waals surface area contributed by atoms with Gasteiger partial charge in [-0.05, 0) is 26.0 Å². The summed E-state index contributed by atoms with van der Waals surface area (Å²) in [6, 6.07) is 1.61. The Hall–Kier alpha value is -2.13. The first kappa shape index (κ1) is 19.2.